The molecule has 0 aliphatic rings. The van der Waals surface area contributed by atoms with Gasteiger partial charge in [-0.3, -0.25) is 10.1 Å². The Morgan fingerprint density at radius 1 is 1.16 bits per heavy atom. The number of rotatable bonds is 5. The van der Waals surface area contributed by atoms with Crippen LogP contribution < -0.4 is 4.74 Å². The van der Waals surface area contributed by atoms with Crippen molar-refractivity contribution in [1.82, 2.24) is 0 Å². The lowest BCUT2D eigenvalue weighted by atomic mass is 10.2. The minimum Gasteiger partial charge on any atom is -0.493 e. The van der Waals surface area contributed by atoms with Crippen LogP contribution in [0.4, 0.5) is 5.69 Å². The predicted octanol–water partition coefficient (Wildman–Crippen LogP) is 3.98. The van der Waals surface area contributed by atoms with Gasteiger partial charge in [-0.2, -0.15) is 0 Å². The van der Waals surface area contributed by atoms with E-state index < -0.39 is 4.92 Å². The summed E-state index contributed by atoms with van der Waals surface area (Å²) in [5, 5.41) is 10.6. The molecule has 0 fully saturated rings. The quantitative estimate of drug-likeness (QED) is 0.618. The highest BCUT2D eigenvalue weighted by atomic mass is 79.9. The van der Waals surface area contributed by atoms with Gasteiger partial charge in [0.25, 0.3) is 5.69 Å². The molecule has 0 spiro atoms. The SMILES string of the molecule is O=[N+]([O-])c1cccc(OCCc2ccc(Br)cc2)c1. The molecule has 0 unspecified atom stereocenters. The Bertz CT molecular complexity index is 569. The molecule has 19 heavy (non-hydrogen) atoms. The van der Waals surface area contributed by atoms with Gasteiger partial charge >= 0.3 is 0 Å². The molecule has 0 aliphatic carbocycles. The average Bonchev–Trinajstić information content (AvgIpc) is 2.41. The number of hydrogen-bond donors (Lipinski definition) is 0. The Morgan fingerprint density at radius 3 is 2.58 bits per heavy atom. The Labute approximate surface area is 119 Å². The topological polar surface area (TPSA) is 52.4 Å². The van der Waals surface area contributed by atoms with Gasteiger partial charge in [-0.25, -0.2) is 0 Å². The summed E-state index contributed by atoms with van der Waals surface area (Å²) < 4.78 is 6.55. The number of non-ortho nitro benzene ring substituents is 1. The fraction of sp³-hybridized carbons (Fsp3) is 0.143. The zero-order valence-electron chi connectivity index (χ0n) is 10.1. The molecule has 0 saturated carbocycles. The molecule has 2 aromatic carbocycles. The maximum atomic E-state index is 10.6. The summed E-state index contributed by atoms with van der Waals surface area (Å²) >= 11 is 3.38. The summed E-state index contributed by atoms with van der Waals surface area (Å²) in [6, 6.07) is 14.2. The second kappa shape index (κ2) is 6.33. The van der Waals surface area contributed by atoms with Crippen LogP contribution >= 0.6 is 15.9 Å². The van der Waals surface area contributed by atoms with Crippen molar-refractivity contribution in [2.75, 3.05) is 6.61 Å². The summed E-state index contributed by atoms with van der Waals surface area (Å²) in [5.74, 6) is 0.520. The van der Waals surface area contributed by atoms with Crippen LogP contribution in [0.2, 0.25) is 0 Å². The molecule has 98 valence electrons. The fourth-order valence-electron chi connectivity index (χ4n) is 1.62. The Hall–Kier alpha value is -1.88. The summed E-state index contributed by atoms with van der Waals surface area (Å²) in [6.07, 6.45) is 0.760. The number of halogens is 1. The molecular weight excluding hydrogens is 310 g/mol. The smallest absolute Gasteiger partial charge is 0.273 e. The van der Waals surface area contributed by atoms with Crippen LogP contribution in [-0.2, 0) is 6.42 Å². The van der Waals surface area contributed by atoms with Gasteiger partial charge < -0.3 is 4.74 Å². The molecule has 0 amide bonds. The number of ether oxygens (including phenoxy) is 1. The van der Waals surface area contributed by atoms with Crippen LogP contribution in [0.5, 0.6) is 5.75 Å². The Kier molecular flexibility index (Phi) is 4.52. The van der Waals surface area contributed by atoms with Crippen molar-refractivity contribution in [3.05, 3.63) is 68.7 Å². The molecule has 0 heterocycles. The van der Waals surface area contributed by atoms with E-state index in [1.165, 1.54) is 12.1 Å². The summed E-state index contributed by atoms with van der Waals surface area (Å²) in [4.78, 5) is 10.2. The second-order valence-electron chi connectivity index (χ2n) is 3.98. The van der Waals surface area contributed by atoms with Crippen LogP contribution in [0.3, 0.4) is 0 Å². The first-order valence-corrected chi connectivity index (χ1v) is 6.56. The van der Waals surface area contributed by atoms with Gasteiger partial charge in [0.1, 0.15) is 5.75 Å². The van der Waals surface area contributed by atoms with E-state index in [0.717, 1.165) is 16.5 Å². The first-order valence-electron chi connectivity index (χ1n) is 5.77. The van der Waals surface area contributed by atoms with Gasteiger partial charge in [-0.1, -0.05) is 34.1 Å². The van der Waals surface area contributed by atoms with Gasteiger partial charge in [-0.05, 0) is 23.8 Å². The third-order valence-corrected chi connectivity index (χ3v) is 3.13. The Balaban J connectivity index is 1.90. The molecule has 0 atom stereocenters. The van der Waals surface area contributed by atoms with Gasteiger partial charge in [0.15, 0.2) is 0 Å². The van der Waals surface area contributed by atoms with Gasteiger partial charge in [0, 0.05) is 17.0 Å². The van der Waals surface area contributed by atoms with Crippen LogP contribution in [-0.4, -0.2) is 11.5 Å². The van der Waals surface area contributed by atoms with Crippen molar-refractivity contribution >= 4 is 21.6 Å². The van der Waals surface area contributed by atoms with E-state index in [9.17, 15) is 10.1 Å². The average molecular weight is 322 g/mol. The normalized spacial score (nSPS) is 10.2. The maximum absolute atomic E-state index is 10.6. The Morgan fingerprint density at radius 2 is 1.89 bits per heavy atom. The van der Waals surface area contributed by atoms with Crippen molar-refractivity contribution in [3.8, 4) is 5.75 Å². The standard InChI is InChI=1S/C14H12BrNO3/c15-12-6-4-11(5-7-12)8-9-19-14-3-1-2-13(10-14)16(17)18/h1-7,10H,8-9H2. The van der Waals surface area contributed by atoms with E-state index in [0.29, 0.717) is 12.4 Å². The van der Waals surface area contributed by atoms with E-state index in [1.54, 1.807) is 12.1 Å². The minimum atomic E-state index is -0.429. The van der Waals surface area contributed by atoms with Crippen LogP contribution in [0.25, 0.3) is 0 Å². The lowest BCUT2D eigenvalue weighted by Gasteiger charge is -2.06. The molecule has 2 aromatic rings. The van der Waals surface area contributed by atoms with E-state index in [2.05, 4.69) is 15.9 Å². The van der Waals surface area contributed by atoms with Crippen LogP contribution in [0, 0.1) is 10.1 Å². The maximum Gasteiger partial charge on any atom is 0.273 e. The van der Waals surface area contributed by atoms with E-state index >= 15 is 0 Å². The molecular formula is C14H12BrNO3. The fourth-order valence-corrected chi connectivity index (χ4v) is 1.89. The van der Waals surface area contributed by atoms with E-state index in [1.807, 2.05) is 24.3 Å². The summed E-state index contributed by atoms with van der Waals surface area (Å²) in [7, 11) is 0. The monoisotopic (exact) mass is 321 g/mol. The summed E-state index contributed by atoms with van der Waals surface area (Å²) in [5.41, 5.74) is 1.20. The number of nitro groups is 1. The molecule has 4 nitrogen and oxygen atoms in total. The predicted molar refractivity (Wildman–Crippen MR) is 76.4 cm³/mol. The van der Waals surface area contributed by atoms with Crippen LogP contribution in [0.15, 0.2) is 53.0 Å². The van der Waals surface area contributed by atoms with Crippen molar-refractivity contribution < 1.29 is 9.66 Å². The van der Waals surface area contributed by atoms with Gasteiger partial charge in [-0.15, -0.1) is 0 Å². The summed E-state index contributed by atoms with van der Waals surface area (Å²) in [6.45, 7) is 0.489. The van der Waals surface area contributed by atoms with Gasteiger partial charge in [0.2, 0.25) is 0 Å². The number of nitrogens with zero attached hydrogens (tertiary/aromatic N) is 1. The van der Waals surface area contributed by atoms with E-state index in [-0.39, 0.29) is 5.69 Å². The first kappa shape index (κ1) is 13.5. The number of hydrogen-bond acceptors (Lipinski definition) is 3. The minimum absolute atomic E-state index is 0.0427. The molecule has 0 aromatic heterocycles. The zero-order chi connectivity index (χ0) is 13.7. The number of benzene rings is 2. The van der Waals surface area contributed by atoms with Crippen molar-refractivity contribution in [3.63, 3.8) is 0 Å². The zero-order valence-corrected chi connectivity index (χ0v) is 11.7. The highest BCUT2D eigenvalue weighted by molar-refractivity contribution is 9.10. The lowest BCUT2D eigenvalue weighted by molar-refractivity contribution is -0.384. The molecule has 0 saturated heterocycles. The van der Waals surface area contributed by atoms with Crippen molar-refractivity contribution in [1.29, 1.82) is 0 Å². The molecule has 5 heteroatoms. The molecule has 0 N–H and O–H groups in total. The molecule has 2 rings (SSSR count). The highest BCUT2D eigenvalue weighted by Gasteiger charge is 2.06. The molecule has 0 radical (unpaired) electrons. The van der Waals surface area contributed by atoms with Gasteiger partial charge in [0.05, 0.1) is 17.6 Å². The van der Waals surface area contributed by atoms with Crippen LogP contribution in [0.1, 0.15) is 5.56 Å². The van der Waals surface area contributed by atoms with Crippen molar-refractivity contribution in [2.45, 2.75) is 6.42 Å². The van der Waals surface area contributed by atoms with E-state index in [4.69, 9.17) is 4.74 Å². The molecule has 0 aliphatic heterocycles. The second-order valence-corrected chi connectivity index (χ2v) is 4.90. The third kappa shape index (κ3) is 4.06. The molecule has 0 bridgehead atoms. The number of nitro benzene ring substituents is 1. The first-order chi connectivity index (χ1) is 9.15. The lowest BCUT2D eigenvalue weighted by Crippen LogP contribution is -2.01. The third-order valence-electron chi connectivity index (χ3n) is 2.60. The van der Waals surface area contributed by atoms with Crippen molar-refractivity contribution in [2.24, 2.45) is 0 Å². The highest BCUT2D eigenvalue weighted by Crippen LogP contribution is 2.19. The largest absolute Gasteiger partial charge is 0.493 e.